The average molecular weight is 225 g/mol. The maximum atomic E-state index is 12.2. The number of nitrogens with zero attached hydrogens (tertiary/aromatic N) is 1. The zero-order chi connectivity index (χ0) is 18.5. The molecule has 1 aromatic carbocycles. The SMILES string of the molecule is [2H]c1c2c(cc3c1C([2H])([2H])C([2H])([N+](=O)[O-])C3)C(=O)C([2H])([2H])C2([2H])[2H]. The first-order valence-corrected chi connectivity index (χ1v) is 4.58. The summed E-state index contributed by atoms with van der Waals surface area (Å²) in [7, 11) is 0. The van der Waals surface area contributed by atoms with Gasteiger partial charge in [-0.2, -0.15) is 0 Å². The highest BCUT2D eigenvalue weighted by molar-refractivity contribution is 6.00. The molecule has 2 aliphatic rings. The zero-order valence-corrected chi connectivity index (χ0v) is 7.96. The first-order chi connectivity index (χ1) is 10.7. The van der Waals surface area contributed by atoms with E-state index >= 15 is 0 Å². The number of hydrogen-bond donors (Lipinski definition) is 0. The van der Waals surface area contributed by atoms with Crippen LogP contribution in [0.25, 0.3) is 0 Å². The second-order valence-electron chi connectivity index (χ2n) is 3.54. The fraction of sp³-hybridized carbons (Fsp3) is 0.417. The van der Waals surface area contributed by atoms with E-state index in [0.717, 1.165) is 6.07 Å². The number of rotatable bonds is 1. The summed E-state index contributed by atoms with van der Waals surface area (Å²) < 4.78 is 62.9. The summed E-state index contributed by atoms with van der Waals surface area (Å²) in [6.07, 6.45) is -9.37. The second kappa shape index (κ2) is 3.14. The molecule has 1 unspecified atom stereocenters. The number of hydrogen-bond acceptors (Lipinski definition) is 3. The summed E-state index contributed by atoms with van der Waals surface area (Å²) in [4.78, 5) is 22.2. The number of nitro groups is 1. The lowest BCUT2D eigenvalue weighted by molar-refractivity contribution is -0.519. The number of fused-ring (bicyclic) bond motifs is 2. The third-order valence-corrected chi connectivity index (χ3v) is 2.55. The van der Waals surface area contributed by atoms with E-state index in [2.05, 4.69) is 0 Å². The van der Waals surface area contributed by atoms with Crippen LogP contribution < -0.4 is 0 Å². The first kappa shape index (κ1) is 4.28. The van der Waals surface area contributed by atoms with Gasteiger partial charge in [0.15, 0.2) is 5.78 Å². The van der Waals surface area contributed by atoms with Crippen molar-refractivity contribution in [2.75, 3.05) is 0 Å². The highest BCUT2D eigenvalue weighted by atomic mass is 16.6. The van der Waals surface area contributed by atoms with E-state index in [0.29, 0.717) is 0 Å². The molecule has 0 saturated carbocycles. The van der Waals surface area contributed by atoms with E-state index in [-0.39, 0.29) is 5.56 Å². The molecule has 2 aliphatic carbocycles. The minimum absolute atomic E-state index is 0.114. The van der Waals surface area contributed by atoms with Gasteiger partial charge in [0.1, 0.15) is 1.37 Å². The monoisotopic (exact) mass is 225 g/mol. The fourth-order valence-corrected chi connectivity index (χ4v) is 1.79. The zero-order valence-electron chi connectivity index (χ0n) is 16.0. The Labute approximate surface area is 104 Å². The number of carbonyl (C=O) groups is 1. The summed E-state index contributed by atoms with van der Waals surface area (Å²) in [5, 5.41) is 11.2. The van der Waals surface area contributed by atoms with Crippen LogP contribution >= 0.6 is 0 Å². The minimum atomic E-state index is -2.92. The number of ketones is 1. The first-order valence-electron chi connectivity index (χ1n) is 8.58. The fourth-order valence-electron chi connectivity index (χ4n) is 1.79. The Hall–Kier alpha value is -1.71. The summed E-state index contributed by atoms with van der Waals surface area (Å²) in [5.74, 6) is -1.19. The van der Waals surface area contributed by atoms with Gasteiger partial charge < -0.3 is 0 Å². The molecule has 16 heavy (non-hydrogen) atoms. The van der Waals surface area contributed by atoms with Crippen LogP contribution in [0.4, 0.5) is 0 Å². The van der Waals surface area contributed by atoms with Crippen molar-refractivity contribution in [1.29, 1.82) is 0 Å². The van der Waals surface area contributed by atoms with E-state index in [9.17, 15) is 14.9 Å². The quantitative estimate of drug-likeness (QED) is 0.538. The van der Waals surface area contributed by atoms with Crippen molar-refractivity contribution in [3.63, 3.8) is 0 Å². The molecule has 3 rings (SSSR count). The van der Waals surface area contributed by atoms with Gasteiger partial charge in [-0.3, -0.25) is 14.9 Å². The summed E-state index contributed by atoms with van der Waals surface area (Å²) in [6.45, 7) is 0. The van der Waals surface area contributed by atoms with Crippen LogP contribution in [-0.2, 0) is 19.2 Å². The highest BCUT2D eigenvalue weighted by Crippen LogP contribution is 2.31. The Morgan fingerprint density at radius 2 is 2.31 bits per heavy atom. The Morgan fingerprint density at radius 3 is 3.06 bits per heavy atom. The summed E-state index contributed by atoms with van der Waals surface area (Å²) in [5.41, 5.74) is -1.68. The Kier molecular flexibility index (Phi) is 0.839. The van der Waals surface area contributed by atoms with Gasteiger partial charge in [0.25, 0.3) is 0 Å². The van der Waals surface area contributed by atoms with Crippen LogP contribution in [0, 0.1) is 10.1 Å². The summed E-state index contributed by atoms with van der Waals surface area (Å²) >= 11 is 0. The molecule has 0 radical (unpaired) electrons. The molecule has 0 N–H and O–H groups in total. The van der Waals surface area contributed by atoms with Crippen molar-refractivity contribution in [3.05, 3.63) is 44.5 Å². The molecule has 4 heteroatoms. The van der Waals surface area contributed by atoms with E-state index in [1.807, 2.05) is 0 Å². The number of Topliss-reactive ketones (excluding diaryl/α,β-unsaturated/α-hetero) is 1. The number of carbonyl (C=O) groups excluding carboxylic acids is 1. The Bertz CT molecular complexity index is 821. The highest BCUT2D eigenvalue weighted by Gasteiger charge is 2.32. The van der Waals surface area contributed by atoms with Crippen molar-refractivity contribution < 1.29 is 20.7 Å². The molecule has 1 aromatic rings. The third kappa shape index (κ3) is 1.26. The minimum Gasteiger partial charge on any atom is -0.294 e. The van der Waals surface area contributed by atoms with Crippen molar-refractivity contribution in [1.82, 2.24) is 0 Å². The van der Waals surface area contributed by atoms with Crippen LogP contribution in [-0.4, -0.2) is 16.7 Å². The van der Waals surface area contributed by atoms with E-state index < -0.39 is 65.0 Å². The van der Waals surface area contributed by atoms with E-state index in [4.69, 9.17) is 11.0 Å². The van der Waals surface area contributed by atoms with Crippen LogP contribution in [0.1, 0.15) is 44.4 Å². The Balaban J connectivity index is 2.37. The normalized spacial score (nSPS) is 43.4. The Morgan fingerprint density at radius 1 is 1.50 bits per heavy atom. The van der Waals surface area contributed by atoms with Crippen molar-refractivity contribution >= 4 is 5.78 Å². The van der Waals surface area contributed by atoms with Gasteiger partial charge in [0.2, 0.25) is 6.02 Å². The van der Waals surface area contributed by atoms with Crippen LogP contribution in [0.2, 0.25) is 0 Å². The molecule has 4 nitrogen and oxygen atoms in total. The molecular formula is C12H11NO3. The van der Waals surface area contributed by atoms with Gasteiger partial charge in [0.05, 0.1) is 1.37 Å². The lowest BCUT2D eigenvalue weighted by atomic mass is 10.0. The van der Waals surface area contributed by atoms with Crippen LogP contribution in [0.3, 0.4) is 0 Å². The molecule has 0 spiro atoms. The molecule has 0 bridgehead atoms. The van der Waals surface area contributed by atoms with Gasteiger partial charge in [-0.05, 0) is 29.1 Å². The van der Waals surface area contributed by atoms with Gasteiger partial charge in [-0.25, -0.2) is 0 Å². The van der Waals surface area contributed by atoms with E-state index in [1.54, 1.807) is 0 Å². The second-order valence-corrected chi connectivity index (χ2v) is 3.54. The molecular weight excluding hydrogens is 206 g/mol. The van der Waals surface area contributed by atoms with Crippen LogP contribution in [0.5, 0.6) is 0 Å². The lowest BCUT2D eigenvalue weighted by Crippen LogP contribution is -2.18. The molecule has 0 aromatic heterocycles. The average Bonchev–Trinajstić information content (AvgIpc) is 2.71. The van der Waals surface area contributed by atoms with Crippen LogP contribution in [0.15, 0.2) is 12.1 Å². The molecule has 0 amide bonds. The molecule has 0 aliphatic heterocycles. The predicted octanol–water partition coefficient (Wildman–Crippen LogP) is 1.56. The maximum Gasteiger partial charge on any atom is 0.221 e. The largest absolute Gasteiger partial charge is 0.294 e. The molecule has 0 fully saturated rings. The van der Waals surface area contributed by atoms with Crippen molar-refractivity contribution in [2.45, 2.75) is 31.6 Å². The van der Waals surface area contributed by atoms with Crippen molar-refractivity contribution in [3.8, 4) is 0 Å². The maximum absolute atomic E-state index is 12.2. The topological polar surface area (TPSA) is 60.2 Å². The number of benzene rings is 1. The smallest absolute Gasteiger partial charge is 0.221 e. The molecule has 0 saturated heterocycles. The van der Waals surface area contributed by atoms with E-state index in [1.165, 1.54) is 0 Å². The molecule has 82 valence electrons. The lowest BCUT2D eigenvalue weighted by Gasteiger charge is -2.02. The van der Waals surface area contributed by atoms with Crippen molar-refractivity contribution in [2.24, 2.45) is 0 Å². The van der Waals surface area contributed by atoms with Gasteiger partial charge >= 0.3 is 0 Å². The third-order valence-electron chi connectivity index (χ3n) is 2.55. The standard InChI is InChI=1S/C12H11NO3/c14-12-2-1-7-3-8-4-10(13(15)16)5-9(8)6-11(7)12/h3,6,10H,1-2,4-5H2/i1D2,2D2,3D,4D2,10D. The van der Waals surface area contributed by atoms with Gasteiger partial charge in [-0.1, -0.05) is 6.04 Å². The molecule has 0 heterocycles. The molecule has 1 atom stereocenters. The van der Waals surface area contributed by atoms with Gasteiger partial charge in [0, 0.05) is 37.9 Å². The van der Waals surface area contributed by atoms with Gasteiger partial charge in [-0.15, -0.1) is 0 Å². The predicted molar refractivity (Wildman–Crippen MR) is 57.3 cm³/mol. The summed E-state index contributed by atoms with van der Waals surface area (Å²) in [6, 6.07) is -2.59.